The smallest absolute Gasteiger partial charge is 0.181 e. The Labute approximate surface area is 368 Å². The molecule has 0 aliphatic carbocycles. The molecule has 0 unspecified atom stereocenters. The van der Waals surface area contributed by atoms with E-state index in [4.69, 9.17) is 0 Å². The molecule has 0 saturated carbocycles. The first-order valence-corrected chi connectivity index (χ1v) is 23.8. The molecule has 0 aliphatic heterocycles. The summed E-state index contributed by atoms with van der Waals surface area (Å²) in [6.45, 7) is 0. The van der Waals surface area contributed by atoms with Crippen LogP contribution in [0.2, 0.25) is 0 Å². The van der Waals surface area contributed by atoms with Crippen molar-refractivity contribution in [2.75, 3.05) is 0 Å². The van der Waals surface area contributed by atoms with E-state index in [1.54, 1.807) is 0 Å². The van der Waals surface area contributed by atoms with Crippen LogP contribution in [-0.4, -0.2) is 17.2 Å². The van der Waals surface area contributed by atoms with Crippen molar-refractivity contribution in [1.82, 2.24) is 9.13 Å². The third-order valence-corrected chi connectivity index (χ3v) is 17.9. The molecule has 0 atom stereocenters. The summed E-state index contributed by atoms with van der Waals surface area (Å²) in [5.41, 5.74) is 11.9. The van der Waals surface area contributed by atoms with Crippen molar-refractivity contribution in [2.45, 2.75) is 0 Å². The van der Waals surface area contributed by atoms with E-state index in [1.807, 2.05) is 0 Å². The molecule has 10 aromatic carbocycles. The van der Waals surface area contributed by atoms with Crippen LogP contribution in [0.15, 0.2) is 255 Å². The van der Waals surface area contributed by atoms with Gasteiger partial charge < -0.3 is 9.13 Å². The zero-order valence-electron chi connectivity index (χ0n) is 34.6. The van der Waals surface area contributed by atoms with Crippen LogP contribution in [0.5, 0.6) is 0 Å². The van der Waals surface area contributed by atoms with Crippen LogP contribution < -0.4 is 20.7 Å². The van der Waals surface area contributed by atoms with E-state index in [-0.39, 0.29) is 0 Å². The lowest BCUT2D eigenvalue weighted by molar-refractivity contribution is 1.17. The molecule has 0 aliphatic rings. The maximum Gasteiger partial charge on any atom is 0.181 e. The SMILES string of the molecule is c1ccc(-c2ccccc2-n2c3ccccc3c3cc(-n4c5ccccc5c5c(-c6ccccc6)ccc([Si](c6ccccc6)(c6ccccc6)c6ccccc6)c54)ccc32)cc1. The lowest BCUT2D eigenvalue weighted by Gasteiger charge is -2.35. The number of para-hydroxylation sites is 3. The van der Waals surface area contributed by atoms with E-state index in [2.05, 4.69) is 264 Å². The minimum Gasteiger partial charge on any atom is -0.309 e. The van der Waals surface area contributed by atoms with Gasteiger partial charge in [0.2, 0.25) is 0 Å². The highest BCUT2D eigenvalue weighted by Crippen LogP contribution is 2.41. The molecule has 2 nitrogen and oxygen atoms in total. The van der Waals surface area contributed by atoms with Gasteiger partial charge in [-0.25, -0.2) is 0 Å². The van der Waals surface area contributed by atoms with Gasteiger partial charge in [-0.2, -0.15) is 0 Å². The molecule has 12 aromatic rings. The zero-order valence-corrected chi connectivity index (χ0v) is 35.6. The maximum atomic E-state index is 2.59. The summed E-state index contributed by atoms with van der Waals surface area (Å²) in [7, 11) is -3.02. The number of hydrogen-bond acceptors (Lipinski definition) is 0. The topological polar surface area (TPSA) is 9.86 Å². The van der Waals surface area contributed by atoms with E-state index in [0.717, 1.165) is 5.69 Å². The van der Waals surface area contributed by atoms with Crippen molar-refractivity contribution in [3.63, 3.8) is 0 Å². The Hall–Kier alpha value is -7.98. The number of benzene rings is 10. The summed E-state index contributed by atoms with van der Waals surface area (Å²) in [4.78, 5) is 0. The molecule has 0 N–H and O–H groups in total. The van der Waals surface area contributed by atoms with Crippen molar-refractivity contribution in [3.8, 4) is 33.6 Å². The van der Waals surface area contributed by atoms with Gasteiger partial charge in [0.05, 0.1) is 27.8 Å². The van der Waals surface area contributed by atoms with E-state index in [0.29, 0.717) is 0 Å². The minimum atomic E-state index is -3.02. The predicted molar refractivity (Wildman–Crippen MR) is 270 cm³/mol. The molecule has 63 heavy (non-hydrogen) atoms. The average molecular weight is 819 g/mol. The normalized spacial score (nSPS) is 11.8. The average Bonchev–Trinajstić information content (AvgIpc) is 3.89. The summed E-state index contributed by atoms with van der Waals surface area (Å²) in [6, 6.07) is 94.4. The fourth-order valence-corrected chi connectivity index (χ4v) is 15.4. The zero-order chi connectivity index (χ0) is 41.7. The fourth-order valence-electron chi connectivity index (χ4n) is 10.4. The Morgan fingerprint density at radius 3 is 1.37 bits per heavy atom. The van der Waals surface area contributed by atoms with Crippen molar-refractivity contribution < 1.29 is 0 Å². The number of nitrogens with zero attached hydrogens (tertiary/aromatic N) is 2. The van der Waals surface area contributed by atoms with E-state index in [9.17, 15) is 0 Å². The quantitative estimate of drug-likeness (QED) is 0.107. The van der Waals surface area contributed by atoms with Crippen LogP contribution in [0.3, 0.4) is 0 Å². The summed E-state index contributed by atoms with van der Waals surface area (Å²) in [6.07, 6.45) is 0. The highest BCUT2D eigenvalue weighted by Gasteiger charge is 2.44. The van der Waals surface area contributed by atoms with Gasteiger partial charge in [0.25, 0.3) is 0 Å². The Morgan fingerprint density at radius 1 is 0.302 bits per heavy atom. The van der Waals surface area contributed by atoms with Crippen LogP contribution in [0.1, 0.15) is 0 Å². The molecular weight excluding hydrogens is 777 g/mol. The third-order valence-electron chi connectivity index (χ3n) is 13.1. The van der Waals surface area contributed by atoms with Crippen molar-refractivity contribution >= 4 is 72.4 Å². The monoisotopic (exact) mass is 818 g/mol. The molecule has 0 spiro atoms. The van der Waals surface area contributed by atoms with Crippen LogP contribution in [0.25, 0.3) is 77.2 Å². The Morgan fingerprint density at radius 2 is 0.762 bits per heavy atom. The Kier molecular flexibility index (Phi) is 8.87. The Balaban J connectivity index is 1.23. The molecule has 0 fully saturated rings. The summed E-state index contributed by atoms with van der Waals surface area (Å²) < 4.78 is 5.05. The molecule has 12 rings (SSSR count). The third kappa shape index (κ3) is 5.78. The second-order valence-corrected chi connectivity index (χ2v) is 20.2. The molecule has 2 heterocycles. The number of aromatic nitrogens is 2. The first-order valence-electron chi connectivity index (χ1n) is 21.8. The minimum absolute atomic E-state index is 1.14. The lowest BCUT2D eigenvalue weighted by atomic mass is 9.99. The lowest BCUT2D eigenvalue weighted by Crippen LogP contribution is -2.75. The largest absolute Gasteiger partial charge is 0.309 e. The molecule has 296 valence electrons. The second kappa shape index (κ2) is 15.2. The van der Waals surface area contributed by atoms with Crippen molar-refractivity contribution in [2.24, 2.45) is 0 Å². The van der Waals surface area contributed by atoms with Gasteiger partial charge in [-0.3, -0.25) is 0 Å². The molecule has 0 radical (unpaired) electrons. The van der Waals surface area contributed by atoms with Crippen molar-refractivity contribution in [3.05, 3.63) is 255 Å². The van der Waals surface area contributed by atoms with Gasteiger partial charge >= 0.3 is 0 Å². The van der Waals surface area contributed by atoms with E-state index in [1.165, 1.54) is 92.3 Å². The number of hydrogen-bond donors (Lipinski definition) is 0. The highest BCUT2D eigenvalue weighted by molar-refractivity contribution is 7.20. The second-order valence-electron chi connectivity index (χ2n) is 16.4. The molecule has 0 bridgehead atoms. The van der Waals surface area contributed by atoms with Crippen LogP contribution in [0, 0.1) is 0 Å². The van der Waals surface area contributed by atoms with E-state index < -0.39 is 8.07 Å². The first kappa shape index (κ1) is 36.8. The van der Waals surface area contributed by atoms with Gasteiger partial charge in [-0.05, 0) is 73.8 Å². The molecular formula is C60H42N2Si. The van der Waals surface area contributed by atoms with Crippen molar-refractivity contribution in [1.29, 1.82) is 0 Å². The summed E-state index contributed by atoms with van der Waals surface area (Å²) in [5, 5.41) is 10.4. The van der Waals surface area contributed by atoms with Gasteiger partial charge in [0.1, 0.15) is 0 Å². The van der Waals surface area contributed by atoms with Crippen LogP contribution >= 0.6 is 0 Å². The fraction of sp³-hybridized carbons (Fsp3) is 0. The predicted octanol–water partition coefficient (Wildman–Crippen LogP) is 12.6. The molecule has 0 saturated heterocycles. The number of rotatable bonds is 8. The molecule has 3 heteroatoms. The van der Waals surface area contributed by atoms with Crippen LogP contribution in [-0.2, 0) is 0 Å². The summed E-state index contributed by atoms with van der Waals surface area (Å²) in [5.74, 6) is 0. The maximum absolute atomic E-state index is 3.02. The number of fused-ring (bicyclic) bond motifs is 6. The first-order chi connectivity index (χ1) is 31.3. The van der Waals surface area contributed by atoms with Gasteiger partial charge in [0.15, 0.2) is 8.07 Å². The molecule has 2 aromatic heterocycles. The van der Waals surface area contributed by atoms with E-state index >= 15 is 0 Å². The van der Waals surface area contributed by atoms with Crippen LogP contribution in [0.4, 0.5) is 0 Å². The van der Waals surface area contributed by atoms with Gasteiger partial charge in [-0.1, -0.05) is 218 Å². The van der Waals surface area contributed by atoms with Gasteiger partial charge in [-0.15, -0.1) is 0 Å². The highest BCUT2D eigenvalue weighted by atomic mass is 28.3. The van der Waals surface area contributed by atoms with Gasteiger partial charge in [0, 0.05) is 32.8 Å². The Bertz CT molecular complexity index is 3500. The standard InChI is InChI=1S/C60H42N2Si/c1-6-22-43(23-7-1)49-32-16-19-35-54(49)62-55-36-20-17-33-51(55)53-42-45(38-40-57(53)62)61-56-37-21-18-34-52(56)59-50(44-24-8-2-9-25-44)39-41-58(60(59)61)63(46-26-10-3-11-27-46,47-28-12-4-13-29-47)48-30-14-5-15-31-48/h1-42H. The summed E-state index contributed by atoms with van der Waals surface area (Å²) >= 11 is 0. The molecule has 0 amide bonds.